The number of primary amides is 1. The molecule has 7 heteroatoms. The highest BCUT2D eigenvalue weighted by Crippen LogP contribution is 2.24. The maximum Gasteiger partial charge on any atom is 0.252 e. The summed E-state index contributed by atoms with van der Waals surface area (Å²) in [7, 11) is 0. The largest absolute Gasteiger partial charge is 0.370 e. The molecule has 0 radical (unpaired) electrons. The number of carbonyl (C=O) groups is 2. The summed E-state index contributed by atoms with van der Waals surface area (Å²) in [5.74, 6) is -0.515. The number of nitrogens with zero attached hydrogens (tertiary/aromatic N) is 3. The molecule has 1 atom stereocenters. The zero-order valence-electron chi connectivity index (χ0n) is 14.8. The first-order valence-electron chi connectivity index (χ1n) is 8.18. The van der Waals surface area contributed by atoms with Gasteiger partial charge in [0.15, 0.2) is 5.65 Å². The summed E-state index contributed by atoms with van der Waals surface area (Å²) < 4.78 is 1.81. The van der Waals surface area contributed by atoms with Gasteiger partial charge in [-0.3, -0.25) is 9.59 Å². The Labute approximate surface area is 141 Å². The third-order valence-electron chi connectivity index (χ3n) is 3.80. The summed E-state index contributed by atoms with van der Waals surface area (Å²) in [5, 5.41) is 7.89. The predicted octanol–water partition coefficient (Wildman–Crippen LogP) is 2.13. The summed E-state index contributed by atoms with van der Waals surface area (Å²) in [6, 6.07) is 1.61. The smallest absolute Gasteiger partial charge is 0.252 e. The zero-order valence-corrected chi connectivity index (χ0v) is 14.8. The van der Waals surface area contributed by atoms with Crippen molar-refractivity contribution in [3.8, 4) is 0 Å². The number of hydrogen-bond donors (Lipinski definition) is 2. The Hall–Kier alpha value is -2.44. The third-order valence-corrected chi connectivity index (χ3v) is 3.80. The second kappa shape index (κ2) is 6.98. The molecule has 3 N–H and O–H groups in total. The van der Waals surface area contributed by atoms with Crippen LogP contribution in [0.3, 0.4) is 0 Å². The Balaban J connectivity index is 2.48. The maximum absolute atomic E-state index is 12.7. The molecular formula is C17H25N5O2. The molecule has 0 fully saturated rings. The van der Waals surface area contributed by atoms with Crippen molar-refractivity contribution in [1.29, 1.82) is 0 Å². The minimum atomic E-state index is -0.446. The molecule has 0 bridgehead atoms. The fourth-order valence-corrected chi connectivity index (χ4v) is 2.55. The summed E-state index contributed by atoms with van der Waals surface area (Å²) in [4.78, 5) is 28.4. The Morgan fingerprint density at radius 3 is 2.46 bits per heavy atom. The van der Waals surface area contributed by atoms with Crippen molar-refractivity contribution in [2.75, 3.05) is 0 Å². The van der Waals surface area contributed by atoms with Crippen LogP contribution >= 0.6 is 0 Å². The number of fused-ring (bicyclic) bond motifs is 1. The fraction of sp³-hybridized carbons (Fsp3) is 0.529. The Morgan fingerprint density at radius 2 is 1.92 bits per heavy atom. The lowest BCUT2D eigenvalue weighted by molar-refractivity contribution is -0.118. The van der Waals surface area contributed by atoms with Gasteiger partial charge >= 0.3 is 0 Å². The molecule has 0 saturated heterocycles. The quantitative estimate of drug-likeness (QED) is 0.846. The van der Waals surface area contributed by atoms with E-state index in [4.69, 9.17) is 5.73 Å². The van der Waals surface area contributed by atoms with Crippen LogP contribution < -0.4 is 11.1 Å². The molecular weight excluding hydrogens is 306 g/mol. The fourth-order valence-electron chi connectivity index (χ4n) is 2.55. The van der Waals surface area contributed by atoms with Gasteiger partial charge in [-0.2, -0.15) is 5.10 Å². The lowest BCUT2D eigenvalue weighted by Crippen LogP contribution is -2.35. The summed E-state index contributed by atoms with van der Waals surface area (Å²) in [5.41, 5.74) is 7.23. The van der Waals surface area contributed by atoms with E-state index < -0.39 is 5.91 Å². The highest BCUT2D eigenvalue weighted by Gasteiger charge is 2.20. The van der Waals surface area contributed by atoms with Crippen molar-refractivity contribution in [1.82, 2.24) is 20.1 Å². The van der Waals surface area contributed by atoms with Crippen molar-refractivity contribution in [3.63, 3.8) is 0 Å². The van der Waals surface area contributed by atoms with Crippen LogP contribution in [0.1, 0.15) is 69.1 Å². The molecule has 2 aromatic rings. The van der Waals surface area contributed by atoms with Crippen LogP contribution in [0, 0.1) is 0 Å². The van der Waals surface area contributed by atoms with Gasteiger partial charge in [-0.25, -0.2) is 9.67 Å². The Morgan fingerprint density at radius 1 is 1.25 bits per heavy atom. The van der Waals surface area contributed by atoms with E-state index in [1.54, 1.807) is 19.2 Å². The highest BCUT2D eigenvalue weighted by molar-refractivity contribution is 6.05. The van der Waals surface area contributed by atoms with E-state index in [1.807, 2.05) is 32.4 Å². The molecule has 0 aliphatic heterocycles. The number of amides is 2. The van der Waals surface area contributed by atoms with Crippen molar-refractivity contribution in [2.45, 2.75) is 59.0 Å². The number of rotatable bonds is 6. The molecule has 2 aromatic heterocycles. The molecule has 24 heavy (non-hydrogen) atoms. The minimum Gasteiger partial charge on any atom is -0.370 e. The number of pyridine rings is 1. The third kappa shape index (κ3) is 3.72. The number of nitrogens with one attached hydrogen (secondary N) is 1. The summed E-state index contributed by atoms with van der Waals surface area (Å²) in [6.07, 6.45) is 1.77. The molecule has 0 aliphatic rings. The van der Waals surface area contributed by atoms with Crippen LogP contribution in [0.15, 0.2) is 12.3 Å². The van der Waals surface area contributed by atoms with Crippen LogP contribution in [-0.2, 0) is 4.79 Å². The number of hydrogen-bond acceptors (Lipinski definition) is 4. The lowest BCUT2D eigenvalue weighted by Gasteiger charge is -2.15. The molecule has 2 amide bonds. The topological polar surface area (TPSA) is 103 Å². The van der Waals surface area contributed by atoms with Crippen molar-refractivity contribution < 1.29 is 9.59 Å². The van der Waals surface area contributed by atoms with E-state index in [-0.39, 0.29) is 30.3 Å². The average molecular weight is 331 g/mol. The molecule has 2 rings (SSSR count). The van der Waals surface area contributed by atoms with E-state index in [0.717, 1.165) is 5.69 Å². The second-order valence-electron chi connectivity index (χ2n) is 6.71. The molecule has 130 valence electrons. The van der Waals surface area contributed by atoms with Crippen LogP contribution in [-0.4, -0.2) is 32.6 Å². The zero-order chi connectivity index (χ0) is 18.0. The van der Waals surface area contributed by atoms with Gasteiger partial charge in [-0.15, -0.1) is 0 Å². The first kappa shape index (κ1) is 17.9. The standard InChI is InChI=1S/C17H25N5O2/c1-9(2)14-7-12(17(24)20-11(5)6-15(18)23)13-8-19-22(10(3)4)16(13)21-14/h7-11H,6H2,1-5H3,(H2,18,23)(H,20,24). The number of carbonyl (C=O) groups excluding carboxylic acids is 2. The van der Waals surface area contributed by atoms with E-state index >= 15 is 0 Å². The van der Waals surface area contributed by atoms with E-state index in [0.29, 0.717) is 16.6 Å². The second-order valence-corrected chi connectivity index (χ2v) is 6.71. The summed E-state index contributed by atoms with van der Waals surface area (Å²) in [6.45, 7) is 9.85. The van der Waals surface area contributed by atoms with Crippen LogP contribution in [0.2, 0.25) is 0 Å². The highest BCUT2D eigenvalue weighted by atomic mass is 16.2. The molecule has 0 aromatic carbocycles. The molecule has 1 unspecified atom stereocenters. The van der Waals surface area contributed by atoms with Gasteiger partial charge in [0.1, 0.15) is 0 Å². The lowest BCUT2D eigenvalue weighted by atomic mass is 10.0. The average Bonchev–Trinajstić information content (AvgIpc) is 2.88. The Bertz CT molecular complexity index is 764. The van der Waals surface area contributed by atoms with Crippen LogP contribution in [0.4, 0.5) is 0 Å². The first-order valence-corrected chi connectivity index (χ1v) is 8.18. The number of nitrogens with two attached hydrogens (primary N) is 1. The van der Waals surface area contributed by atoms with Crippen LogP contribution in [0.25, 0.3) is 11.0 Å². The van der Waals surface area contributed by atoms with Gasteiger partial charge in [0.25, 0.3) is 5.91 Å². The van der Waals surface area contributed by atoms with Crippen LogP contribution in [0.5, 0.6) is 0 Å². The molecule has 7 nitrogen and oxygen atoms in total. The normalized spacial score (nSPS) is 12.8. The number of aromatic nitrogens is 3. The van der Waals surface area contributed by atoms with Crippen molar-refractivity contribution in [2.24, 2.45) is 5.73 Å². The van der Waals surface area contributed by atoms with E-state index in [1.165, 1.54) is 0 Å². The first-order chi connectivity index (χ1) is 11.2. The van der Waals surface area contributed by atoms with Gasteiger partial charge in [0.05, 0.1) is 17.1 Å². The monoisotopic (exact) mass is 331 g/mol. The van der Waals surface area contributed by atoms with Gasteiger partial charge in [0.2, 0.25) is 5.91 Å². The van der Waals surface area contributed by atoms with Gasteiger partial charge in [-0.1, -0.05) is 13.8 Å². The van der Waals surface area contributed by atoms with Crippen molar-refractivity contribution >= 4 is 22.8 Å². The molecule has 2 heterocycles. The Kier molecular flexibility index (Phi) is 5.21. The maximum atomic E-state index is 12.7. The van der Waals surface area contributed by atoms with Crippen molar-refractivity contribution in [3.05, 3.63) is 23.5 Å². The predicted molar refractivity (Wildman–Crippen MR) is 92.7 cm³/mol. The molecule has 0 spiro atoms. The van der Waals surface area contributed by atoms with Gasteiger partial charge in [0, 0.05) is 24.2 Å². The van der Waals surface area contributed by atoms with Gasteiger partial charge < -0.3 is 11.1 Å². The van der Waals surface area contributed by atoms with Gasteiger partial charge in [-0.05, 0) is 32.8 Å². The van der Waals surface area contributed by atoms with E-state index in [2.05, 4.69) is 15.4 Å². The molecule has 0 aliphatic carbocycles. The molecule has 0 saturated carbocycles. The van der Waals surface area contributed by atoms with E-state index in [9.17, 15) is 9.59 Å². The summed E-state index contributed by atoms with van der Waals surface area (Å²) >= 11 is 0. The minimum absolute atomic E-state index is 0.0995. The SMILES string of the molecule is CC(CC(N)=O)NC(=O)c1cc(C(C)C)nc2c1cnn2C(C)C.